The first-order valence-corrected chi connectivity index (χ1v) is 5.89. The van der Waals surface area contributed by atoms with Gasteiger partial charge in [0.25, 0.3) is 0 Å². The van der Waals surface area contributed by atoms with E-state index in [4.69, 9.17) is 4.74 Å². The monoisotopic (exact) mass is 268 g/mol. The van der Waals surface area contributed by atoms with Crippen molar-refractivity contribution in [3.05, 3.63) is 28.2 Å². The van der Waals surface area contributed by atoms with Crippen LogP contribution in [0.2, 0.25) is 0 Å². The van der Waals surface area contributed by atoms with E-state index in [0.29, 0.717) is 0 Å². The number of carbonyl (C=O) groups is 1. The summed E-state index contributed by atoms with van der Waals surface area (Å²) in [5.41, 5.74) is 0.749. The molecule has 1 fully saturated rings. The molecule has 2 rings (SSSR count). The molecule has 0 aliphatic heterocycles. The lowest BCUT2D eigenvalue weighted by Gasteiger charge is -2.24. The van der Waals surface area contributed by atoms with Crippen LogP contribution < -0.4 is 4.74 Å². The highest BCUT2D eigenvalue weighted by molar-refractivity contribution is 9.10. The minimum absolute atomic E-state index is 0.230. The Morgan fingerprint density at radius 2 is 2.20 bits per heavy atom. The van der Waals surface area contributed by atoms with E-state index in [-0.39, 0.29) is 11.7 Å². The third-order valence-electron chi connectivity index (χ3n) is 2.91. The molecular weight excluding hydrogens is 256 g/mol. The number of hydrogen-bond acceptors (Lipinski definition) is 2. The summed E-state index contributed by atoms with van der Waals surface area (Å²) in [5, 5.41) is 0. The van der Waals surface area contributed by atoms with Crippen molar-refractivity contribution in [2.45, 2.75) is 19.3 Å². The lowest BCUT2D eigenvalue weighted by Crippen LogP contribution is -2.22. The van der Waals surface area contributed by atoms with Crippen LogP contribution in [0, 0.1) is 5.92 Å². The van der Waals surface area contributed by atoms with E-state index < -0.39 is 0 Å². The molecule has 2 nitrogen and oxygen atoms in total. The van der Waals surface area contributed by atoms with Crippen molar-refractivity contribution in [3.8, 4) is 5.75 Å². The molecule has 0 aromatic heterocycles. The van der Waals surface area contributed by atoms with Crippen molar-refractivity contribution in [1.29, 1.82) is 0 Å². The molecule has 0 radical (unpaired) electrons. The number of benzene rings is 1. The number of ether oxygens (including phenoxy) is 1. The first-order valence-electron chi connectivity index (χ1n) is 5.10. The topological polar surface area (TPSA) is 26.3 Å². The molecule has 1 aromatic rings. The molecule has 15 heavy (non-hydrogen) atoms. The average Bonchev–Trinajstić information content (AvgIpc) is 2.15. The molecule has 3 heteroatoms. The van der Waals surface area contributed by atoms with Gasteiger partial charge in [-0.25, -0.2) is 0 Å². The zero-order valence-corrected chi connectivity index (χ0v) is 10.2. The van der Waals surface area contributed by atoms with Gasteiger partial charge in [-0.3, -0.25) is 4.79 Å². The zero-order valence-electron chi connectivity index (χ0n) is 8.63. The summed E-state index contributed by atoms with van der Waals surface area (Å²) >= 11 is 3.41. The minimum Gasteiger partial charge on any atom is -0.497 e. The van der Waals surface area contributed by atoms with Crippen LogP contribution >= 0.6 is 15.9 Å². The number of halogens is 1. The summed E-state index contributed by atoms with van der Waals surface area (Å²) in [6.07, 6.45) is 3.24. The fourth-order valence-corrected chi connectivity index (χ4v) is 2.15. The van der Waals surface area contributed by atoms with E-state index in [2.05, 4.69) is 15.9 Å². The zero-order chi connectivity index (χ0) is 10.8. The van der Waals surface area contributed by atoms with E-state index in [1.54, 1.807) is 7.11 Å². The fraction of sp³-hybridized carbons (Fsp3) is 0.417. The smallest absolute Gasteiger partial charge is 0.167 e. The number of carbonyl (C=O) groups excluding carboxylic acids is 1. The van der Waals surface area contributed by atoms with Gasteiger partial charge in [-0.2, -0.15) is 0 Å². The minimum atomic E-state index is 0.230. The van der Waals surface area contributed by atoms with Crippen molar-refractivity contribution < 1.29 is 9.53 Å². The number of ketones is 1. The summed E-state index contributed by atoms with van der Waals surface area (Å²) in [6.45, 7) is 0. The van der Waals surface area contributed by atoms with Crippen LogP contribution in [0.3, 0.4) is 0 Å². The lowest BCUT2D eigenvalue weighted by atomic mass is 9.80. The molecule has 0 amide bonds. The van der Waals surface area contributed by atoms with E-state index >= 15 is 0 Å². The van der Waals surface area contributed by atoms with Crippen LogP contribution in [0.1, 0.15) is 29.6 Å². The third-order valence-corrected chi connectivity index (χ3v) is 3.61. The van der Waals surface area contributed by atoms with Gasteiger partial charge in [0.1, 0.15) is 5.75 Å². The van der Waals surface area contributed by atoms with Gasteiger partial charge in [0.15, 0.2) is 5.78 Å². The highest BCUT2D eigenvalue weighted by atomic mass is 79.9. The van der Waals surface area contributed by atoms with Gasteiger partial charge in [-0.05, 0) is 31.0 Å². The molecule has 0 heterocycles. The molecule has 1 aromatic carbocycles. The normalized spacial score (nSPS) is 15.9. The van der Waals surface area contributed by atoms with Crippen LogP contribution in [0.4, 0.5) is 0 Å². The molecule has 0 unspecified atom stereocenters. The SMILES string of the molecule is COc1ccc(Br)c(C(=O)C2CCC2)c1. The van der Waals surface area contributed by atoms with Crippen molar-refractivity contribution in [3.63, 3.8) is 0 Å². The van der Waals surface area contributed by atoms with E-state index in [0.717, 1.165) is 28.6 Å². The Kier molecular flexibility index (Phi) is 3.10. The Balaban J connectivity index is 2.28. The highest BCUT2D eigenvalue weighted by Gasteiger charge is 2.27. The first kappa shape index (κ1) is 10.7. The largest absolute Gasteiger partial charge is 0.497 e. The summed E-state index contributed by atoms with van der Waals surface area (Å²) in [4.78, 5) is 12.0. The van der Waals surface area contributed by atoms with E-state index in [9.17, 15) is 4.79 Å². The number of methoxy groups -OCH3 is 1. The van der Waals surface area contributed by atoms with Crippen molar-refractivity contribution >= 4 is 21.7 Å². The predicted molar refractivity (Wildman–Crippen MR) is 62.4 cm³/mol. The van der Waals surface area contributed by atoms with Gasteiger partial charge in [-0.15, -0.1) is 0 Å². The van der Waals surface area contributed by atoms with Crippen LogP contribution in [-0.2, 0) is 0 Å². The molecule has 80 valence electrons. The molecular formula is C12H13BrO2. The van der Waals surface area contributed by atoms with Gasteiger partial charge >= 0.3 is 0 Å². The van der Waals surface area contributed by atoms with Gasteiger partial charge in [0.05, 0.1) is 7.11 Å². The Morgan fingerprint density at radius 3 is 2.73 bits per heavy atom. The van der Waals surface area contributed by atoms with Crippen molar-refractivity contribution in [2.24, 2.45) is 5.92 Å². The lowest BCUT2D eigenvalue weighted by molar-refractivity contribution is 0.0854. The van der Waals surface area contributed by atoms with Gasteiger partial charge < -0.3 is 4.74 Å². The molecule has 1 aliphatic carbocycles. The number of hydrogen-bond donors (Lipinski definition) is 0. The fourth-order valence-electron chi connectivity index (χ4n) is 1.71. The molecule has 0 spiro atoms. The standard InChI is InChI=1S/C12H13BrO2/c1-15-9-5-6-11(13)10(7-9)12(14)8-3-2-4-8/h5-8H,2-4H2,1H3. The maximum Gasteiger partial charge on any atom is 0.167 e. The Bertz CT molecular complexity index is 383. The summed E-state index contributed by atoms with van der Waals surface area (Å²) in [5.74, 6) is 1.21. The second kappa shape index (κ2) is 4.35. The van der Waals surface area contributed by atoms with Gasteiger partial charge in [0, 0.05) is 16.0 Å². The van der Waals surface area contributed by atoms with Gasteiger partial charge in [-0.1, -0.05) is 22.4 Å². The van der Waals surface area contributed by atoms with Crippen LogP contribution in [0.15, 0.2) is 22.7 Å². The maximum atomic E-state index is 12.0. The molecule has 0 bridgehead atoms. The van der Waals surface area contributed by atoms with E-state index in [1.807, 2.05) is 18.2 Å². The predicted octanol–water partition coefficient (Wildman–Crippen LogP) is 3.44. The van der Waals surface area contributed by atoms with E-state index in [1.165, 1.54) is 6.42 Å². The van der Waals surface area contributed by atoms with Crippen LogP contribution in [-0.4, -0.2) is 12.9 Å². The third kappa shape index (κ3) is 2.07. The molecule has 0 saturated heterocycles. The second-order valence-corrected chi connectivity index (χ2v) is 4.69. The highest BCUT2D eigenvalue weighted by Crippen LogP contribution is 2.33. The number of rotatable bonds is 3. The second-order valence-electron chi connectivity index (χ2n) is 3.84. The molecule has 0 N–H and O–H groups in total. The summed E-state index contributed by atoms with van der Waals surface area (Å²) < 4.78 is 5.98. The van der Waals surface area contributed by atoms with Crippen LogP contribution in [0.5, 0.6) is 5.75 Å². The molecule has 0 atom stereocenters. The number of Topliss-reactive ketones (excluding diaryl/α,β-unsaturated/α-hetero) is 1. The summed E-state index contributed by atoms with van der Waals surface area (Å²) in [6, 6.07) is 5.52. The Hall–Kier alpha value is -0.830. The molecule has 1 aliphatic rings. The maximum absolute atomic E-state index is 12.0. The Morgan fingerprint density at radius 1 is 1.47 bits per heavy atom. The van der Waals surface area contributed by atoms with Gasteiger partial charge in [0.2, 0.25) is 0 Å². The van der Waals surface area contributed by atoms with Crippen LogP contribution in [0.25, 0.3) is 0 Å². The average molecular weight is 269 g/mol. The Labute approximate surface area is 97.8 Å². The van der Waals surface area contributed by atoms with Crippen molar-refractivity contribution in [1.82, 2.24) is 0 Å². The van der Waals surface area contributed by atoms with Crippen molar-refractivity contribution in [2.75, 3.05) is 7.11 Å². The summed E-state index contributed by atoms with van der Waals surface area (Å²) in [7, 11) is 1.61. The first-order chi connectivity index (χ1) is 7.22. The molecule has 1 saturated carbocycles. The quantitative estimate of drug-likeness (QED) is 0.786.